The van der Waals surface area contributed by atoms with Gasteiger partial charge in [0.05, 0.1) is 17.8 Å². The second-order valence-corrected chi connectivity index (χ2v) is 5.36. The molecule has 0 fully saturated rings. The summed E-state index contributed by atoms with van der Waals surface area (Å²) in [7, 11) is 0. The van der Waals surface area contributed by atoms with Crippen LogP contribution in [0.3, 0.4) is 0 Å². The number of benzene rings is 1. The highest BCUT2D eigenvalue weighted by molar-refractivity contribution is 7.09. The van der Waals surface area contributed by atoms with Gasteiger partial charge < -0.3 is 4.74 Å². The molecular formula is C15H16FNO2S. The molecule has 0 aliphatic carbocycles. The Morgan fingerprint density at radius 3 is 2.85 bits per heavy atom. The summed E-state index contributed by atoms with van der Waals surface area (Å²) in [6.45, 7) is 2.28. The molecule has 2 rings (SSSR count). The van der Waals surface area contributed by atoms with Crippen LogP contribution in [-0.4, -0.2) is 17.6 Å². The number of halogens is 1. The van der Waals surface area contributed by atoms with E-state index >= 15 is 0 Å². The van der Waals surface area contributed by atoms with Crippen LogP contribution in [0.15, 0.2) is 29.8 Å². The van der Waals surface area contributed by atoms with Crippen molar-refractivity contribution in [2.75, 3.05) is 6.61 Å². The van der Waals surface area contributed by atoms with Gasteiger partial charge in [0.15, 0.2) is 0 Å². The fourth-order valence-corrected chi connectivity index (χ4v) is 2.60. The zero-order valence-corrected chi connectivity index (χ0v) is 12.1. The molecule has 0 atom stereocenters. The van der Waals surface area contributed by atoms with E-state index in [1.54, 1.807) is 35.0 Å². The molecule has 1 aromatic heterocycles. The molecule has 0 N–H and O–H groups in total. The molecule has 0 radical (unpaired) electrons. The van der Waals surface area contributed by atoms with Crippen LogP contribution in [0.1, 0.15) is 22.6 Å². The summed E-state index contributed by atoms with van der Waals surface area (Å²) in [5.41, 5.74) is 3.31. The number of hydrogen-bond donors (Lipinski definition) is 0. The summed E-state index contributed by atoms with van der Waals surface area (Å²) < 4.78 is 18.5. The molecule has 1 heterocycles. The first-order chi connectivity index (χ1) is 9.66. The highest BCUT2D eigenvalue weighted by Crippen LogP contribution is 2.13. The number of thiazole rings is 1. The van der Waals surface area contributed by atoms with E-state index in [-0.39, 0.29) is 18.2 Å². The Kier molecular flexibility index (Phi) is 5.24. The van der Waals surface area contributed by atoms with Gasteiger partial charge in [0.2, 0.25) is 0 Å². The summed E-state index contributed by atoms with van der Waals surface area (Å²) in [5, 5.41) is 0. The van der Waals surface area contributed by atoms with Crippen molar-refractivity contribution >= 4 is 17.3 Å². The number of carbonyl (C=O) groups is 1. The second-order valence-electron chi connectivity index (χ2n) is 4.42. The standard InChI is InChI=1S/C15H16FNO2S/c1-11-14(20-10-17-11)8-9-19-15(18)7-6-12-4-2-3-5-13(12)16/h2-5,10H,6-9H2,1H3. The van der Waals surface area contributed by atoms with Crippen LogP contribution in [-0.2, 0) is 22.4 Å². The number of hydrogen-bond acceptors (Lipinski definition) is 4. The number of carbonyl (C=O) groups excluding carboxylic acids is 1. The van der Waals surface area contributed by atoms with Crippen molar-refractivity contribution < 1.29 is 13.9 Å². The third-order valence-electron chi connectivity index (χ3n) is 2.99. The van der Waals surface area contributed by atoms with Gasteiger partial charge in [-0.05, 0) is 25.0 Å². The van der Waals surface area contributed by atoms with Gasteiger partial charge in [-0.15, -0.1) is 11.3 Å². The van der Waals surface area contributed by atoms with Crippen LogP contribution in [0.4, 0.5) is 4.39 Å². The predicted molar refractivity (Wildman–Crippen MR) is 76.2 cm³/mol. The molecule has 1 aromatic carbocycles. The Hall–Kier alpha value is -1.75. The Balaban J connectivity index is 1.71. The SMILES string of the molecule is Cc1ncsc1CCOC(=O)CCc1ccccc1F. The van der Waals surface area contributed by atoms with Crippen molar-refractivity contribution in [3.63, 3.8) is 0 Å². The van der Waals surface area contributed by atoms with Gasteiger partial charge in [0, 0.05) is 17.7 Å². The highest BCUT2D eigenvalue weighted by atomic mass is 32.1. The van der Waals surface area contributed by atoms with E-state index in [0.717, 1.165) is 10.6 Å². The molecule has 0 unspecified atom stereocenters. The number of esters is 1. The molecule has 0 spiro atoms. The molecule has 106 valence electrons. The average molecular weight is 293 g/mol. The van der Waals surface area contributed by atoms with Gasteiger partial charge in [-0.2, -0.15) is 0 Å². The normalized spacial score (nSPS) is 10.5. The smallest absolute Gasteiger partial charge is 0.306 e. The zero-order chi connectivity index (χ0) is 14.4. The lowest BCUT2D eigenvalue weighted by molar-refractivity contribution is -0.143. The Labute approximate surface area is 121 Å². The molecule has 0 bridgehead atoms. The Bertz CT molecular complexity index is 583. The summed E-state index contributed by atoms with van der Waals surface area (Å²) in [6, 6.07) is 6.47. The Morgan fingerprint density at radius 1 is 1.35 bits per heavy atom. The van der Waals surface area contributed by atoms with E-state index in [4.69, 9.17) is 4.74 Å². The highest BCUT2D eigenvalue weighted by Gasteiger charge is 2.08. The van der Waals surface area contributed by atoms with Gasteiger partial charge in [-0.25, -0.2) is 9.37 Å². The molecule has 0 amide bonds. The minimum absolute atomic E-state index is 0.197. The van der Waals surface area contributed by atoms with Crippen LogP contribution in [0, 0.1) is 12.7 Å². The number of ether oxygens (including phenoxy) is 1. The van der Waals surface area contributed by atoms with Crippen molar-refractivity contribution in [2.45, 2.75) is 26.2 Å². The molecule has 0 aliphatic heterocycles. The molecular weight excluding hydrogens is 277 g/mol. The fourth-order valence-electron chi connectivity index (χ4n) is 1.83. The van der Waals surface area contributed by atoms with Crippen molar-refractivity contribution in [3.05, 3.63) is 51.7 Å². The molecule has 0 saturated heterocycles. The number of aryl methyl sites for hydroxylation is 2. The van der Waals surface area contributed by atoms with Crippen LogP contribution in [0.2, 0.25) is 0 Å². The third-order valence-corrected chi connectivity index (χ3v) is 3.99. The third kappa shape index (κ3) is 4.13. The Morgan fingerprint density at radius 2 is 2.15 bits per heavy atom. The molecule has 2 aromatic rings. The van der Waals surface area contributed by atoms with Crippen LogP contribution in [0.25, 0.3) is 0 Å². The van der Waals surface area contributed by atoms with Gasteiger partial charge in [0.25, 0.3) is 0 Å². The van der Waals surface area contributed by atoms with Gasteiger partial charge >= 0.3 is 5.97 Å². The van der Waals surface area contributed by atoms with Crippen molar-refractivity contribution in [2.24, 2.45) is 0 Å². The lowest BCUT2D eigenvalue weighted by atomic mass is 10.1. The summed E-state index contributed by atoms with van der Waals surface area (Å²) in [4.78, 5) is 16.9. The second kappa shape index (κ2) is 7.14. The summed E-state index contributed by atoms with van der Waals surface area (Å²) >= 11 is 1.56. The van der Waals surface area contributed by atoms with Crippen LogP contribution >= 0.6 is 11.3 Å². The van der Waals surface area contributed by atoms with Crippen molar-refractivity contribution in [3.8, 4) is 0 Å². The van der Waals surface area contributed by atoms with E-state index in [9.17, 15) is 9.18 Å². The number of nitrogens with zero attached hydrogens (tertiary/aromatic N) is 1. The monoisotopic (exact) mass is 293 g/mol. The van der Waals surface area contributed by atoms with E-state index in [2.05, 4.69) is 4.98 Å². The lowest BCUT2D eigenvalue weighted by Crippen LogP contribution is -2.09. The molecule has 5 heteroatoms. The van der Waals surface area contributed by atoms with E-state index in [1.165, 1.54) is 6.07 Å². The largest absolute Gasteiger partial charge is 0.465 e. The van der Waals surface area contributed by atoms with Crippen LogP contribution in [0.5, 0.6) is 0 Å². The lowest BCUT2D eigenvalue weighted by Gasteiger charge is -2.05. The van der Waals surface area contributed by atoms with Crippen LogP contribution < -0.4 is 0 Å². The van der Waals surface area contributed by atoms with E-state index in [1.807, 2.05) is 6.92 Å². The quantitative estimate of drug-likeness (QED) is 0.767. The molecule has 3 nitrogen and oxygen atoms in total. The maximum atomic E-state index is 13.4. The molecule has 0 saturated carbocycles. The fraction of sp³-hybridized carbons (Fsp3) is 0.333. The zero-order valence-electron chi connectivity index (χ0n) is 11.3. The van der Waals surface area contributed by atoms with Gasteiger partial charge in [0.1, 0.15) is 5.82 Å². The summed E-state index contributed by atoms with van der Waals surface area (Å²) in [5.74, 6) is -0.573. The van der Waals surface area contributed by atoms with Gasteiger partial charge in [-0.1, -0.05) is 18.2 Å². The average Bonchev–Trinajstić information content (AvgIpc) is 2.84. The van der Waals surface area contributed by atoms with E-state index < -0.39 is 0 Å². The van der Waals surface area contributed by atoms with E-state index in [0.29, 0.717) is 25.0 Å². The van der Waals surface area contributed by atoms with Gasteiger partial charge in [-0.3, -0.25) is 4.79 Å². The topological polar surface area (TPSA) is 39.2 Å². The predicted octanol–water partition coefficient (Wildman–Crippen LogP) is 3.31. The summed E-state index contributed by atoms with van der Waals surface area (Å²) in [6.07, 6.45) is 1.25. The minimum atomic E-state index is -0.296. The first-order valence-corrected chi connectivity index (χ1v) is 7.33. The minimum Gasteiger partial charge on any atom is -0.465 e. The van der Waals surface area contributed by atoms with Crippen molar-refractivity contribution in [1.29, 1.82) is 0 Å². The molecule has 20 heavy (non-hydrogen) atoms. The van der Waals surface area contributed by atoms with Crippen molar-refractivity contribution in [1.82, 2.24) is 4.98 Å². The first-order valence-electron chi connectivity index (χ1n) is 6.45. The maximum absolute atomic E-state index is 13.4. The first kappa shape index (κ1) is 14.7. The molecule has 0 aliphatic rings. The number of rotatable bonds is 6. The number of aromatic nitrogens is 1. The maximum Gasteiger partial charge on any atom is 0.306 e.